The monoisotopic (exact) mass is 313 g/mol. The molecular weight excluding hydrogens is 290 g/mol. The predicted molar refractivity (Wildman–Crippen MR) is 81.2 cm³/mol. The van der Waals surface area contributed by atoms with E-state index < -0.39 is 11.6 Å². The SMILES string of the molecule is COC(=O)CC(=O)CC(O)(CCc1ncsc1C)C(C)C. The van der Waals surface area contributed by atoms with Crippen LogP contribution in [0.4, 0.5) is 0 Å². The second-order valence-electron chi connectivity index (χ2n) is 5.58. The quantitative estimate of drug-likeness (QED) is 0.588. The number of hydrogen-bond donors (Lipinski definition) is 1. The number of rotatable bonds is 8. The zero-order chi connectivity index (χ0) is 16.0. The van der Waals surface area contributed by atoms with Gasteiger partial charge in [0.1, 0.15) is 12.2 Å². The second kappa shape index (κ2) is 7.66. The van der Waals surface area contributed by atoms with Gasteiger partial charge in [0.05, 0.1) is 23.9 Å². The van der Waals surface area contributed by atoms with Crippen LogP contribution in [0.15, 0.2) is 5.51 Å². The average molecular weight is 313 g/mol. The van der Waals surface area contributed by atoms with E-state index in [4.69, 9.17) is 0 Å². The van der Waals surface area contributed by atoms with Crippen molar-refractivity contribution in [2.24, 2.45) is 5.92 Å². The standard InChI is InChI=1S/C15H23NO4S/c1-10(2)15(19,8-12(17)7-14(18)20-4)6-5-13-11(3)21-9-16-13/h9-10,19H,5-8H2,1-4H3. The molecule has 6 heteroatoms. The molecule has 1 N–H and O–H groups in total. The fourth-order valence-corrected chi connectivity index (χ4v) is 2.75. The fraction of sp³-hybridized carbons (Fsp3) is 0.667. The van der Waals surface area contributed by atoms with Crippen molar-refractivity contribution < 1.29 is 19.4 Å². The highest BCUT2D eigenvalue weighted by atomic mass is 32.1. The number of hydrogen-bond acceptors (Lipinski definition) is 6. The molecule has 1 atom stereocenters. The number of thiazole rings is 1. The van der Waals surface area contributed by atoms with Gasteiger partial charge in [-0.2, -0.15) is 0 Å². The molecule has 0 fully saturated rings. The summed E-state index contributed by atoms with van der Waals surface area (Å²) < 4.78 is 4.48. The maximum Gasteiger partial charge on any atom is 0.313 e. The molecule has 0 radical (unpaired) electrons. The number of nitrogens with zero attached hydrogens (tertiary/aromatic N) is 1. The van der Waals surface area contributed by atoms with E-state index in [1.54, 1.807) is 16.8 Å². The van der Waals surface area contributed by atoms with Crippen LogP contribution < -0.4 is 0 Å². The van der Waals surface area contributed by atoms with Crippen LogP contribution in [0, 0.1) is 12.8 Å². The van der Waals surface area contributed by atoms with Crippen molar-refractivity contribution in [3.05, 3.63) is 16.1 Å². The summed E-state index contributed by atoms with van der Waals surface area (Å²) >= 11 is 1.57. The summed E-state index contributed by atoms with van der Waals surface area (Å²) in [7, 11) is 1.25. The maximum absolute atomic E-state index is 11.9. The van der Waals surface area contributed by atoms with Crippen LogP contribution in [0.2, 0.25) is 0 Å². The molecule has 1 rings (SSSR count). The first-order valence-corrected chi connectivity index (χ1v) is 7.86. The van der Waals surface area contributed by atoms with Gasteiger partial charge in [0.2, 0.25) is 0 Å². The van der Waals surface area contributed by atoms with E-state index in [0.717, 1.165) is 10.6 Å². The number of aliphatic hydroxyl groups is 1. The topological polar surface area (TPSA) is 76.5 Å². The summed E-state index contributed by atoms with van der Waals surface area (Å²) in [5.74, 6) is -0.951. The molecule has 0 bridgehead atoms. The highest BCUT2D eigenvalue weighted by molar-refractivity contribution is 7.09. The van der Waals surface area contributed by atoms with Crippen LogP contribution in [0.5, 0.6) is 0 Å². The lowest BCUT2D eigenvalue weighted by Crippen LogP contribution is -2.38. The third kappa shape index (κ3) is 5.21. The first-order chi connectivity index (χ1) is 9.78. The Bertz CT molecular complexity index is 498. The number of carbonyl (C=O) groups is 2. The van der Waals surface area contributed by atoms with Gasteiger partial charge in [0.15, 0.2) is 0 Å². The molecular formula is C15H23NO4S. The Hall–Kier alpha value is -1.27. The summed E-state index contributed by atoms with van der Waals surface area (Å²) in [4.78, 5) is 28.4. The first-order valence-electron chi connectivity index (χ1n) is 6.98. The first kappa shape index (κ1) is 17.8. The Kier molecular flexibility index (Phi) is 6.48. The molecule has 118 valence electrons. The van der Waals surface area contributed by atoms with E-state index in [1.165, 1.54) is 7.11 Å². The molecule has 5 nitrogen and oxygen atoms in total. The number of methoxy groups -OCH3 is 1. The van der Waals surface area contributed by atoms with Gasteiger partial charge in [0.25, 0.3) is 0 Å². The molecule has 0 aromatic carbocycles. The highest BCUT2D eigenvalue weighted by Crippen LogP contribution is 2.28. The second-order valence-corrected chi connectivity index (χ2v) is 6.64. The Morgan fingerprint density at radius 1 is 1.48 bits per heavy atom. The lowest BCUT2D eigenvalue weighted by molar-refractivity contribution is -0.144. The van der Waals surface area contributed by atoms with Gasteiger partial charge in [-0.3, -0.25) is 9.59 Å². The molecule has 1 aromatic heterocycles. The molecule has 0 aliphatic heterocycles. The van der Waals surface area contributed by atoms with Crippen LogP contribution in [0.1, 0.15) is 43.7 Å². The number of ether oxygens (including phenoxy) is 1. The Morgan fingerprint density at radius 3 is 2.62 bits per heavy atom. The van der Waals surface area contributed by atoms with Crippen molar-refractivity contribution in [3.63, 3.8) is 0 Å². The van der Waals surface area contributed by atoms with E-state index in [9.17, 15) is 14.7 Å². The van der Waals surface area contributed by atoms with Crippen LogP contribution in [-0.2, 0) is 20.7 Å². The number of aromatic nitrogens is 1. The summed E-state index contributed by atoms with van der Waals surface area (Å²) in [5, 5.41) is 10.7. The number of esters is 1. The normalized spacial score (nSPS) is 14.0. The van der Waals surface area contributed by atoms with Gasteiger partial charge in [-0.25, -0.2) is 4.98 Å². The van der Waals surface area contributed by atoms with Crippen molar-refractivity contribution in [3.8, 4) is 0 Å². The molecule has 0 spiro atoms. The fourth-order valence-electron chi connectivity index (χ4n) is 2.12. The number of Topliss-reactive ketones (excluding diaryl/α,β-unsaturated/α-hetero) is 1. The number of carbonyl (C=O) groups excluding carboxylic acids is 2. The Balaban J connectivity index is 2.67. The van der Waals surface area contributed by atoms with Gasteiger partial charge in [-0.05, 0) is 25.7 Å². The summed E-state index contributed by atoms with van der Waals surface area (Å²) in [6.07, 6.45) is 0.738. The Morgan fingerprint density at radius 2 is 2.14 bits per heavy atom. The molecule has 0 amide bonds. The molecule has 1 heterocycles. The van der Waals surface area contributed by atoms with Crippen LogP contribution in [0.3, 0.4) is 0 Å². The van der Waals surface area contributed by atoms with Crippen molar-refractivity contribution >= 4 is 23.1 Å². The minimum Gasteiger partial charge on any atom is -0.469 e. The van der Waals surface area contributed by atoms with Gasteiger partial charge in [-0.1, -0.05) is 13.8 Å². The molecule has 0 saturated carbocycles. The van der Waals surface area contributed by atoms with Gasteiger partial charge in [0, 0.05) is 11.3 Å². The lowest BCUT2D eigenvalue weighted by Gasteiger charge is -2.31. The summed E-state index contributed by atoms with van der Waals surface area (Å²) in [5.41, 5.74) is 1.61. The van der Waals surface area contributed by atoms with Crippen LogP contribution >= 0.6 is 11.3 Å². The van der Waals surface area contributed by atoms with Crippen LogP contribution in [-0.4, -0.2) is 34.6 Å². The third-order valence-corrected chi connectivity index (χ3v) is 4.59. The molecule has 1 aromatic rings. The van der Waals surface area contributed by atoms with E-state index in [1.807, 2.05) is 20.8 Å². The van der Waals surface area contributed by atoms with Gasteiger partial charge < -0.3 is 9.84 Å². The molecule has 0 saturated heterocycles. The largest absolute Gasteiger partial charge is 0.469 e. The molecule has 0 aliphatic carbocycles. The van der Waals surface area contributed by atoms with Crippen molar-refractivity contribution in [2.45, 2.75) is 52.1 Å². The third-order valence-electron chi connectivity index (χ3n) is 3.79. The summed E-state index contributed by atoms with van der Waals surface area (Å²) in [6, 6.07) is 0. The predicted octanol–water partition coefficient (Wildman–Crippen LogP) is 2.29. The van der Waals surface area contributed by atoms with Crippen molar-refractivity contribution in [1.29, 1.82) is 0 Å². The van der Waals surface area contributed by atoms with E-state index in [2.05, 4.69) is 9.72 Å². The molecule has 0 aliphatic rings. The highest BCUT2D eigenvalue weighted by Gasteiger charge is 2.34. The van der Waals surface area contributed by atoms with Gasteiger partial charge in [-0.15, -0.1) is 11.3 Å². The van der Waals surface area contributed by atoms with Crippen molar-refractivity contribution in [2.75, 3.05) is 7.11 Å². The molecule has 1 unspecified atom stereocenters. The minimum absolute atomic E-state index is 0.0387. The van der Waals surface area contributed by atoms with Crippen molar-refractivity contribution in [1.82, 2.24) is 4.98 Å². The van der Waals surface area contributed by atoms with Crippen LogP contribution in [0.25, 0.3) is 0 Å². The van der Waals surface area contributed by atoms with E-state index in [-0.39, 0.29) is 24.5 Å². The number of ketones is 1. The zero-order valence-corrected chi connectivity index (χ0v) is 13.8. The average Bonchev–Trinajstić information content (AvgIpc) is 2.81. The lowest BCUT2D eigenvalue weighted by atomic mass is 9.81. The molecule has 21 heavy (non-hydrogen) atoms. The smallest absolute Gasteiger partial charge is 0.313 e. The maximum atomic E-state index is 11.9. The minimum atomic E-state index is -1.12. The van der Waals surface area contributed by atoms with E-state index >= 15 is 0 Å². The zero-order valence-electron chi connectivity index (χ0n) is 13.0. The van der Waals surface area contributed by atoms with E-state index in [0.29, 0.717) is 12.8 Å². The number of aryl methyl sites for hydroxylation is 2. The Labute approximate surface area is 129 Å². The summed E-state index contributed by atoms with van der Waals surface area (Å²) in [6.45, 7) is 5.74. The van der Waals surface area contributed by atoms with Gasteiger partial charge >= 0.3 is 5.97 Å².